The van der Waals surface area contributed by atoms with Crippen LogP contribution in [0, 0.1) is 0 Å². The van der Waals surface area contributed by atoms with Crippen LogP contribution in [0.4, 0.5) is 0 Å². The fraction of sp³-hybridized carbons (Fsp3) is 1.00. The third-order valence-corrected chi connectivity index (χ3v) is 3.11. The molecule has 0 aliphatic rings. The van der Waals surface area contributed by atoms with Crippen molar-refractivity contribution in [3.05, 3.63) is 0 Å². The first-order valence-electron chi connectivity index (χ1n) is 7.04. The number of rotatable bonds is 9. The molecular formula is C13H31NO4S. The largest absolute Gasteiger partial charge is 0.394 e. The van der Waals surface area contributed by atoms with Gasteiger partial charge in [-0.2, -0.15) is 8.42 Å². The summed E-state index contributed by atoms with van der Waals surface area (Å²) in [6.07, 6.45) is 11.3. The summed E-state index contributed by atoms with van der Waals surface area (Å²) in [6.45, 7) is 4.59. The number of hydrogen-bond donors (Lipinski definition) is 2. The van der Waals surface area contributed by atoms with Gasteiger partial charge in [0.2, 0.25) is 0 Å². The predicted molar refractivity (Wildman–Crippen MR) is 79.9 cm³/mol. The molecule has 6 heteroatoms. The topological polar surface area (TPSA) is 77.8 Å². The van der Waals surface area contributed by atoms with Crippen molar-refractivity contribution in [1.29, 1.82) is 0 Å². The fourth-order valence-electron chi connectivity index (χ4n) is 1.66. The summed E-state index contributed by atoms with van der Waals surface area (Å²) in [4.78, 5) is 2.32. The van der Waals surface area contributed by atoms with Gasteiger partial charge in [-0.15, -0.1) is 0 Å². The second-order valence-electron chi connectivity index (χ2n) is 5.17. The van der Waals surface area contributed by atoms with Gasteiger partial charge in [-0.1, -0.05) is 51.9 Å². The summed E-state index contributed by atoms with van der Waals surface area (Å²) in [5.74, 6) is 0. The molecule has 2 N–H and O–H groups in total. The quantitative estimate of drug-likeness (QED) is 0.503. The van der Waals surface area contributed by atoms with Crippen LogP contribution in [0.2, 0.25) is 0 Å². The second-order valence-corrected chi connectivity index (χ2v) is 6.07. The molecule has 0 radical (unpaired) electrons. The molecule has 0 amide bonds. The Balaban J connectivity index is 0. The van der Waals surface area contributed by atoms with Crippen molar-refractivity contribution in [3.8, 4) is 0 Å². The maximum absolute atomic E-state index is 8.74. The summed E-state index contributed by atoms with van der Waals surface area (Å²) in [5.41, 5.74) is 0. The minimum absolute atomic E-state index is 0.755. The molecular weight excluding hydrogens is 266 g/mol. The second kappa shape index (κ2) is 12.8. The normalized spacial score (nSPS) is 13.0. The number of hydrogen-bond acceptors (Lipinski definition) is 3. The fourth-order valence-corrected chi connectivity index (χ4v) is 1.66. The standard InChI is InChI=1S/C13H29N.H2O4S/c1-5-6-7-8-9-10-11-12-13(2)14(3)4;1-5(2,3)4/h13H,5-12H2,1-4H3;(H2,1,2,3,4). The number of unbranched alkanes of at least 4 members (excludes halogenated alkanes) is 6. The van der Waals surface area contributed by atoms with Crippen LogP contribution >= 0.6 is 0 Å². The molecule has 118 valence electrons. The first kappa shape index (κ1) is 21.1. The van der Waals surface area contributed by atoms with Crippen molar-refractivity contribution in [2.24, 2.45) is 0 Å². The van der Waals surface area contributed by atoms with E-state index in [1.54, 1.807) is 0 Å². The Kier molecular flexibility index (Phi) is 14.3. The third-order valence-electron chi connectivity index (χ3n) is 3.11. The van der Waals surface area contributed by atoms with Crippen LogP contribution in [0.5, 0.6) is 0 Å². The average Bonchev–Trinajstić information content (AvgIpc) is 2.25. The van der Waals surface area contributed by atoms with E-state index in [1.807, 2.05) is 0 Å². The monoisotopic (exact) mass is 297 g/mol. The molecule has 0 aliphatic carbocycles. The van der Waals surface area contributed by atoms with Gasteiger partial charge in [0, 0.05) is 6.04 Å². The lowest BCUT2D eigenvalue weighted by Crippen LogP contribution is -2.24. The van der Waals surface area contributed by atoms with Gasteiger partial charge in [-0.05, 0) is 27.4 Å². The zero-order valence-corrected chi connectivity index (χ0v) is 13.6. The molecule has 5 nitrogen and oxygen atoms in total. The summed E-state index contributed by atoms with van der Waals surface area (Å²) in [7, 11) is -0.322. The van der Waals surface area contributed by atoms with E-state index >= 15 is 0 Å². The van der Waals surface area contributed by atoms with Gasteiger partial charge in [0.1, 0.15) is 0 Å². The molecule has 0 fully saturated rings. The van der Waals surface area contributed by atoms with Crippen molar-refractivity contribution in [1.82, 2.24) is 4.90 Å². The van der Waals surface area contributed by atoms with E-state index in [1.165, 1.54) is 51.4 Å². The molecule has 0 aromatic heterocycles. The molecule has 0 rings (SSSR count). The van der Waals surface area contributed by atoms with Crippen LogP contribution in [0.25, 0.3) is 0 Å². The lowest BCUT2D eigenvalue weighted by Gasteiger charge is -2.19. The maximum atomic E-state index is 8.74. The van der Waals surface area contributed by atoms with Crippen LogP contribution in [0.15, 0.2) is 0 Å². The van der Waals surface area contributed by atoms with E-state index in [2.05, 4.69) is 32.8 Å². The highest BCUT2D eigenvalue weighted by Crippen LogP contribution is 2.10. The first-order chi connectivity index (χ1) is 8.68. The molecule has 0 saturated heterocycles. The molecule has 1 atom stereocenters. The van der Waals surface area contributed by atoms with Crippen LogP contribution in [0.3, 0.4) is 0 Å². The molecule has 1 unspecified atom stereocenters. The summed E-state index contributed by atoms with van der Waals surface area (Å²) >= 11 is 0. The van der Waals surface area contributed by atoms with Gasteiger partial charge in [0.25, 0.3) is 0 Å². The highest BCUT2D eigenvalue weighted by molar-refractivity contribution is 7.79. The Bertz CT molecular complexity index is 270. The molecule has 0 heterocycles. The zero-order valence-electron chi connectivity index (χ0n) is 12.8. The summed E-state index contributed by atoms with van der Waals surface area (Å²) in [6, 6.07) is 0.755. The molecule has 0 aromatic rings. The Morgan fingerprint density at radius 3 is 1.68 bits per heavy atom. The minimum atomic E-state index is -4.67. The number of nitrogens with zero attached hydrogens (tertiary/aromatic N) is 1. The highest BCUT2D eigenvalue weighted by Gasteiger charge is 2.02. The minimum Gasteiger partial charge on any atom is -0.307 e. The lowest BCUT2D eigenvalue weighted by molar-refractivity contribution is 0.291. The van der Waals surface area contributed by atoms with Gasteiger partial charge in [-0.3, -0.25) is 9.11 Å². The van der Waals surface area contributed by atoms with Crippen LogP contribution in [-0.2, 0) is 10.4 Å². The Hall–Kier alpha value is -0.170. The van der Waals surface area contributed by atoms with Crippen LogP contribution < -0.4 is 0 Å². The third kappa shape index (κ3) is 27.1. The van der Waals surface area contributed by atoms with E-state index in [9.17, 15) is 0 Å². The average molecular weight is 297 g/mol. The summed E-state index contributed by atoms with van der Waals surface area (Å²) in [5, 5.41) is 0. The van der Waals surface area contributed by atoms with Gasteiger partial charge >= 0.3 is 10.4 Å². The molecule has 0 aromatic carbocycles. The van der Waals surface area contributed by atoms with E-state index < -0.39 is 10.4 Å². The molecule has 0 spiro atoms. The zero-order chi connectivity index (χ0) is 15.3. The SMILES string of the molecule is CCCCCCCCCC(C)N(C)C.O=S(=O)(O)O. The lowest BCUT2D eigenvalue weighted by atomic mass is 10.1. The smallest absolute Gasteiger partial charge is 0.307 e. The Labute approximate surface area is 119 Å². The molecule has 0 aliphatic heterocycles. The summed E-state index contributed by atoms with van der Waals surface area (Å²) < 4.78 is 31.6. The molecule has 0 bridgehead atoms. The van der Waals surface area contributed by atoms with Crippen molar-refractivity contribution in [2.45, 2.75) is 71.3 Å². The van der Waals surface area contributed by atoms with E-state index in [-0.39, 0.29) is 0 Å². The van der Waals surface area contributed by atoms with E-state index in [4.69, 9.17) is 17.5 Å². The van der Waals surface area contributed by atoms with Crippen molar-refractivity contribution >= 4 is 10.4 Å². The molecule has 19 heavy (non-hydrogen) atoms. The van der Waals surface area contributed by atoms with E-state index in [0.717, 1.165) is 6.04 Å². The van der Waals surface area contributed by atoms with Gasteiger partial charge in [0.15, 0.2) is 0 Å². The van der Waals surface area contributed by atoms with Gasteiger partial charge in [0.05, 0.1) is 0 Å². The van der Waals surface area contributed by atoms with Crippen LogP contribution in [-0.4, -0.2) is 42.6 Å². The van der Waals surface area contributed by atoms with Crippen molar-refractivity contribution < 1.29 is 17.5 Å². The Morgan fingerprint density at radius 2 is 1.32 bits per heavy atom. The highest BCUT2D eigenvalue weighted by atomic mass is 32.3. The molecule has 0 saturated carbocycles. The van der Waals surface area contributed by atoms with Crippen molar-refractivity contribution in [2.75, 3.05) is 14.1 Å². The first-order valence-corrected chi connectivity index (χ1v) is 8.44. The Morgan fingerprint density at radius 1 is 0.947 bits per heavy atom. The van der Waals surface area contributed by atoms with E-state index in [0.29, 0.717) is 0 Å². The van der Waals surface area contributed by atoms with Crippen LogP contribution in [0.1, 0.15) is 65.2 Å². The maximum Gasteiger partial charge on any atom is 0.394 e. The van der Waals surface area contributed by atoms with Crippen molar-refractivity contribution in [3.63, 3.8) is 0 Å². The van der Waals surface area contributed by atoms with Gasteiger partial charge < -0.3 is 4.90 Å². The van der Waals surface area contributed by atoms with Gasteiger partial charge in [-0.25, -0.2) is 0 Å². The predicted octanol–water partition coefficient (Wildman–Crippen LogP) is 3.42.